The minimum absolute atomic E-state index is 0.0215. The molecule has 0 spiro atoms. The van der Waals surface area contributed by atoms with Crippen LogP contribution in [0.4, 0.5) is 28.9 Å². The van der Waals surface area contributed by atoms with Crippen molar-refractivity contribution < 1.29 is 42.2 Å². The van der Waals surface area contributed by atoms with E-state index >= 15 is 0 Å². The van der Waals surface area contributed by atoms with E-state index in [4.69, 9.17) is 15.2 Å². The van der Waals surface area contributed by atoms with Crippen LogP contribution in [0, 0.1) is 17.1 Å². The molecule has 0 unspecified atom stereocenters. The van der Waals surface area contributed by atoms with Crippen LogP contribution in [0.1, 0.15) is 27.1 Å². The van der Waals surface area contributed by atoms with Crippen LogP contribution in [-0.2, 0) is 4.79 Å². The Kier molecular flexibility index (Phi) is 9.15. The lowest BCUT2D eigenvalue weighted by atomic mass is 10.1. The standard InChI is InChI=1S/C18H16FN3O3.C2HF3O2/c1-22(10-4-9-20)16-8-7-12(11-14(16)18(24)25)21-17(23)13-5-2-3-6-15(13)19;3-2(4,5)1(6)7/h2-3,5-8,11H,4,10H2,1H3,(H,21,23)(H,24,25);(H,6,7). The molecule has 1 amide bonds. The summed E-state index contributed by atoms with van der Waals surface area (Å²) in [7, 11) is 1.68. The highest BCUT2D eigenvalue weighted by Crippen LogP contribution is 2.24. The molecule has 3 N–H and O–H groups in total. The molecule has 0 aliphatic heterocycles. The Balaban J connectivity index is 0.000000633. The summed E-state index contributed by atoms with van der Waals surface area (Å²) in [6.45, 7) is 0.373. The Morgan fingerprint density at radius 3 is 2.19 bits per heavy atom. The molecular weight excluding hydrogens is 438 g/mol. The average Bonchev–Trinajstić information content (AvgIpc) is 2.71. The molecule has 2 aromatic carbocycles. The zero-order chi connectivity index (χ0) is 24.5. The number of amides is 1. The number of carboxylic acid groups (broad SMARTS) is 2. The molecule has 2 aromatic rings. The smallest absolute Gasteiger partial charge is 0.478 e. The molecule has 0 aliphatic rings. The molecule has 0 aliphatic carbocycles. The fourth-order valence-electron chi connectivity index (χ4n) is 2.30. The van der Waals surface area contributed by atoms with Crippen molar-refractivity contribution in [3.63, 3.8) is 0 Å². The molecule has 0 radical (unpaired) electrons. The molecule has 0 heterocycles. The van der Waals surface area contributed by atoms with Crippen LogP contribution in [0.5, 0.6) is 0 Å². The van der Waals surface area contributed by atoms with Gasteiger partial charge in [-0.3, -0.25) is 4.79 Å². The number of halogens is 4. The second-order valence-electron chi connectivity index (χ2n) is 6.10. The van der Waals surface area contributed by atoms with Crippen molar-refractivity contribution >= 4 is 29.2 Å². The van der Waals surface area contributed by atoms with Gasteiger partial charge < -0.3 is 20.4 Å². The van der Waals surface area contributed by atoms with Gasteiger partial charge in [0.05, 0.1) is 29.3 Å². The summed E-state index contributed by atoms with van der Waals surface area (Å²) in [4.78, 5) is 34.2. The topological polar surface area (TPSA) is 131 Å². The van der Waals surface area contributed by atoms with E-state index in [9.17, 15) is 32.3 Å². The lowest BCUT2D eigenvalue weighted by Crippen LogP contribution is -2.21. The van der Waals surface area contributed by atoms with Crippen molar-refractivity contribution in [2.24, 2.45) is 0 Å². The number of carbonyl (C=O) groups is 3. The summed E-state index contributed by atoms with van der Waals surface area (Å²) < 4.78 is 45.4. The van der Waals surface area contributed by atoms with Gasteiger partial charge in [0.25, 0.3) is 5.91 Å². The maximum Gasteiger partial charge on any atom is 0.490 e. The number of aliphatic carboxylic acids is 1. The molecular formula is C20H17F4N3O5. The number of anilines is 2. The van der Waals surface area contributed by atoms with Crippen LogP contribution in [0.15, 0.2) is 42.5 Å². The molecule has 0 aromatic heterocycles. The predicted octanol–water partition coefficient (Wildman–Crippen LogP) is 3.76. The highest BCUT2D eigenvalue weighted by atomic mass is 19.4. The molecule has 0 fully saturated rings. The van der Waals surface area contributed by atoms with E-state index in [1.165, 1.54) is 42.5 Å². The van der Waals surface area contributed by atoms with Crippen molar-refractivity contribution in [3.05, 3.63) is 59.4 Å². The van der Waals surface area contributed by atoms with Crippen LogP contribution in [0.2, 0.25) is 0 Å². The first-order valence-corrected chi connectivity index (χ1v) is 8.70. The molecule has 32 heavy (non-hydrogen) atoms. The number of carbonyl (C=O) groups excluding carboxylic acids is 1. The predicted molar refractivity (Wildman–Crippen MR) is 105 cm³/mol. The first-order valence-electron chi connectivity index (χ1n) is 8.70. The fraction of sp³-hybridized carbons (Fsp3) is 0.200. The molecule has 8 nitrogen and oxygen atoms in total. The summed E-state index contributed by atoms with van der Waals surface area (Å²) in [6.07, 6.45) is -4.83. The quantitative estimate of drug-likeness (QED) is 0.566. The van der Waals surface area contributed by atoms with Crippen LogP contribution in [0.25, 0.3) is 0 Å². The van der Waals surface area contributed by atoms with E-state index < -0.39 is 29.8 Å². The molecule has 0 saturated heterocycles. The summed E-state index contributed by atoms with van der Waals surface area (Å²) in [6, 6.07) is 11.9. The lowest BCUT2D eigenvalue weighted by molar-refractivity contribution is -0.192. The Bertz CT molecular complexity index is 1030. The third-order valence-electron chi connectivity index (χ3n) is 3.82. The number of aromatic carboxylic acids is 1. The Morgan fingerprint density at radius 2 is 1.69 bits per heavy atom. The number of nitrogens with one attached hydrogen (secondary N) is 1. The van der Waals surface area contributed by atoms with E-state index in [1.54, 1.807) is 11.9 Å². The first-order chi connectivity index (χ1) is 14.9. The average molecular weight is 455 g/mol. The number of hydrogen-bond donors (Lipinski definition) is 3. The van der Waals surface area contributed by atoms with Gasteiger partial charge in [-0.05, 0) is 30.3 Å². The molecule has 2 rings (SSSR count). The maximum absolute atomic E-state index is 13.7. The second kappa shape index (κ2) is 11.3. The monoisotopic (exact) mass is 455 g/mol. The Morgan fingerprint density at radius 1 is 1.09 bits per heavy atom. The van der Waals surface area contributed by atoms with E-state index in [-0.39, 0.29) is 23.2 Å². The van der Waals surface area contributed by atoms with Gasteiger partial charge in [0.15, 0.2) is 0 Å². The summed E-state index contributed by atoms with van der Waals surface area (Å²) in [5, 5.41) is 27.7. The number of nitrogens with zero attached hydrogens (tertiary/aromatic N) is 2. The molecule has 170 valence electrons. The van der Waals surface area contributed by atoms with Crippen molar-refractivity contribution in [3.8, 4) is 6.07 Å². The highest BCUT2D eigenvalue weighted by molar-refractivity contribution is 6.05. The highest BCUT2D eigenvalue weighted by Gasteiger charge is 2.38. The van der Waals surface area contributed by atoms with Crippen LogP contribution in [-0.4, -0.2) is 47.8 Å². The minimum Gasteiger partial charge on any atom is -0.478 e. The third-order valence-corrected chi connectivity index (χ3v) is 3.82. The first kappa shape index (κ1) is 25.9. The minimum atomic E-state index is -5.08. The van der Waals surface area contributed by atoms with Crippen molar-refractivity contribution in [1.29, 1.82) is 5.26 Å². The summed E-state index contributed by atoms with van der Waals surface area (Å²) in [5.41, 5.74) is 0.510. The number of nitriles is 1. The van der Waals surface area contributed by atoms with Crippen LogP contribution in [0.3, 0.4) is 0 Å². The molecule has 0 saturated carbocycles. The SMILES string of the molecule is CN(CCC#N)c1ccc(NC(=O)c2ccccc2F)cc1C(=O)O.O=C(O)C(F)(F)F. The van der Waals surface area contributed by atoms with Gasteiger partial charge in [-0.15, -0.1) is 0 Å². The zero-order valence-corrected chi connectivity index (χ0v) is 16.5. The van der Waals surface area contributed by atoms with E-state index in [2.05, 4.69) is 5.32 Å². The van der Waals surface area contributed by atoms with Crippen molar-refractivity contribution in [1.82, 2.24) is 0 Å². The second-order valence-corrected chi connectivity index (χ2v) is 6.10. The Hall–Kier alpha value is -4.14. The Labute approximate surface area is 179 Å². The van der Waals surface area contributed by atoms with Gasteiger partial charge >= 0.3 is 18.1 Å². The van der Waals surface area contributed by atoms with Crippen molar-refractivity contribution in [2.45, 2.75) is 12.6 Å². The lowest BCUT2D eigenvalue weighted by Gasteiger charge is -2.20. The number of alkyl halides is 3. The van der Waals surface area contributed by atoms with E-state index in [0.29, 0.717) is 12.2 Å². The van der Waals surface area contributed by atoms with Crippen molar-refractivity contribution in [2.75, 3.05) is 23.8 Å². The van der Waals surface area contributed by atoms with Crippen LogP contribution < -0.4 is 10.2 Å². The summed E-state index contributed by atoms with van der Waals surface area (Å²) >= 11 is 0. The number of rotatable bonds is 6. The van der Waals surface area contributed by atoms with Gasteiger partial charge in [0.2, 0.25) is 0 Å². The molecule has 0 atom stereocenters. The number of benzene rings is 2. The van der Waals surface area contributed by atoms with Gasteiger partial charge in [0.1, 0.15) is 5.82 Å². The molecule has 12 heteroatoms. The van der Waals surface area contributed by atoms with Gasteiger partial charge in [0, 0.05) is 19.3 Å². The largest absolute Gasteiger partial charge is 0.490 e. The molecule has 0 bridgehead atoms. The van der Waals surface area contributed by atoms with Crippen LogP contribution >= 0.6 is 0 Å². The van der Waals surface area contributed by atoms with Gasteiger partial charge in [-0.25, -0.2) is 14.0 Å². The summed E-state index contributed by atoms with van der Waals surface area (Å²) in [5.74, 6) is -5.25. The third kappa shape index (κ3) is 7.60. The fourth-order valence-corrected chi connectivity index (χ4v) is 2.30. The van der Waals surface area contributed by atoms with E-state index in [1.807, 2.05) is 6.07 Å². The van der Waals surface area contributed by atoms with E-state index in [0.717, 1.165) is 0 Å². The zero-order valence-electron chi connectivity index (χ0n) is 16.5. The van der Waals surface area contributed by atoms with Gasteiger partial charge in [-0.1, -0.05) is 12.1 Å². The normalized spacial score (nSPS) is 10.2. The van der Waals surface area contributed by atoms with Gasteiger partial charge in [-0.2, -0.15) is 18.4 Å². The number of hydrogen-bond acceptors (Lipinski definition) is 5. The maximum atomic E-state index is 13.7. The number of carboxylic acids is 2.